The van der Waals surface area contributed by atoms with E-state index in [1.54, 1.807) is 0 Å². The standard InChI is InChI=1S/C12H25NO/c1-9(11-7-5-6-8-11)13-10(2)12(3,4)14/h9-11,13-14H,5-8H2,1-4H3. The highest BCUT2D eigenvalue weighted by Gasteiger charge is 2.27. The maximum absolute atomic E-state index is 9.82. The van der Waals surface area contributed by atoms with E-state index in [-0.39, 0.29) is 6.04 Å². The first-order valence-corrected chi connectivity index (χ1v) is 5.89. The van der Waals surface area contributed by atoms with Crippen molar-refractivity contribution >= 4 is 0 Å². The van der Waals surface area contributed by atoms with Crippen molar-refractivity contribution in [3.63, 3.8) is 0 Å². The molecule has 0 aromatic carbocycles. The molecule has 0 heterocycles. The molecular weight excluding hydrogens is 174 g/mol. The van der Waals surface area contributed by atoms with Crippen LogP contribution in [-0.2, 0) is 0 Å². The van der Waals surface area contributed by atoms with Gasteiger partial charge in [0, 0.05) is 12.1 Å². The summed E-state index contributed by atoms with van der Waals surface area (Å²) in [6, 6.07) is 0.706. The van der Waals surface area contributed by atoms with Gasteiger partial charge in [0.2, 0.25) is 0 Å². The van der Waals surface area contributed by atoms with Crippen molar-refractivity contribution in [1.29, 1.82) is 0 Å². The van der Waals surface area contributed by atoms with Crippen LogP contribution in [0.15, 0.2) is 0 Å². The lowest BCUT2D eigenvalue weighted by Gasteiger charge is -2.32. The van der Waals surface area contributed by atoms with Gasteiger partial charge in [-0.2, -0.15) is 0 Å². The zero-order valence-corrected chi connectivity index (χ0v) is 10.0. The normalized spacial score (nSPS) is 23.8. The monoisotopic (exact) mass is 199 g/mol. The average Bonchev–Trinajstić information content (AvgIpc) is 2.53. The Balaban J connectivity index is 2.35. The molecule has 0 spiro atoms. The molecule has 0 saturated heterocycles. The molecule has 0 aromatic heterocycles. The Morgan fingerprint density at radius 3 is 2.14 bits per heavy atom. The number of rotatable bonds is 4. The van der Waals surface area contributed by atoms with E-state index in [0.29, 0.717) is 6.04 Å². The van der Waals surface area contributed by atoms with Gasteiger partial charge in [0.25, 0.3) is 0 Å². The van der Waals surface area contributed by atoms with Crippen molar-refractivity contribution < 1.29 is 5.11 Å². The van der Waals surface area contributed by atoms with Gasteiger partial charge in [-0.05, 0) is 46.5 Å². The van der Waals surface area contributed by atoms with Gasteiger partial charge in [-0.3, -0.25) is 0 Å². The summed E-state index contributed by atoms with van der Waals surface area (Å²) >= 11 is 0. The highest BCUT2D eigenvalue weighted by atomic mass is 16.3. The van der Waals surface area contributed by atoms with Gasteiger partial charge in [-0.15, -0.1) is 0 Å². The molecule has 2 unspecified atom stereocenters. The minimum Gasteiger partial charge on any atom is -0.389 e. The third-order valence-corrected chi connectivity index (χ3v) is 3.68. The molecule has 14 heavy (non-hydrogen) atoms. The van der Waals surface area contributed by atoms with E-state index in [4.69, 9.17) is 0 Å². The first-order chi connectivity index (χ1) is 6.41. The molecule has 2 heteroatoms. The third kappa shape index (κ3) is 3.25. The minimum atomic E-state index is -0.618. The van der Waals surface area contributed by atoms with Gasteiger partial charge in [-0.1, -0.05) is 12.8 Å². The van der Waals surface area contributed by atoms with Gasteiger partial charge in [0.1, 0.15) is 0 Å². The molecule has 0 aromatic rings. The Labute approximate surface area is 88.1 Å². The fourth-order valence-electron chi connectivity index (χ4n) is 2.19. The second kappa shape index (κ2) is 4.63. The van der Waals surface area contributed by atoms with Crippen LogP contribution in [0.2, 0.25) is 0 Å². The van der Waals surface area contributed by atoms with Gasteiger partial charge >= 0.3 is 0 Å². The van der Waals surface area contributed by atoms with Crippen molar-refractivity contribution in [3.05, 3.63) is 0 Å². The number of hydrogen-bond acceptors (Lipinski definition) is 2. The second-order valence-electron chi connectivity index (χ2n) is 5.38. The lowest BCUT2D eigenvalue weighted by Crippen LogP contribution is -2.49. The van der Waals surface area contributed by atoms with E-state index in [0.717, 1.165) is 5.92 Å². The van der Waals surface area contributed by atoms with E-state index in [2.05, 4.69) is 19.2 Å². The van der Waals surface area contributed by atoms with Gasteiger partial charge in [0.05, 0.1) is 5.60 Å². The van der Waals surface area contributed by atoms with Gasteiger partial charge in [0.15, 0.2) is 0 Å². The fourth-order valence-corrected chi connectivity index (χ4v) is 2.19. The van der Waals surface area contributed by atoms with Crippen LogP contribution in [0.25, 0.3) is 0 Å². The van der Waals surface area contributed by atoms with Crippen LogP contribution in [0.3, 0.4) is 0 Å². The van der Waals surface area contributed by atoms with E-state index in [1.165, 1.54) is 25.7 Å². The number of nitrogens with one attached hydrogen (secondary N) is 1. The van der Waals surface area contributed by atoms with Crippen LogP contribution in [0.4, 0.5) is 0 Å². The predicted molar refractivity (Wildman–Crippen MR) is 60.3 cm³/mol. The summed E-state index contributed by atoms with van der Waals surface area (Å²) in [6.45, 7) is 8.04. The molecule has 2 atom stereocenters. The maximum atomic E-state index is 9.82. The molecule has 1 aliphatic carbocycles. The van der Waals surface area contributed by atoms with E-state index < -0.39 is 5.60 Å². The van der Waals surface area contributed by atoms with Crippen molar-refractivity contribution in [2.45, 2.75) is 71.1 Å². The van der Waals surface area contributed by atoms with E-state index >= 15 is 0 Å². The Morgan fingerprint density at radius 2 is 1.71 bits per heavy atom. The van der Waals surface area contributed by atoms with Crippen LogP contribution in [0, 0.1) is 5.92 Å². The fraction of sp³-hybridized carbons (Fsp3) is 1.00. The minimum absolute atomic E-state index is 0.165. The third-order valence-electron chi connectivity index (χ3n) is 3.68. The molecular formula is C12H25NO. The van der Waals surface area contributed by atoms with Crippen LogP contribution < -0.4 is 5.32 Å². The predicted octanol–water partition coefficient (Wildman–Crippen LogP) is 2.31. The molecule has 2 nitrogen and oxygen atoms in total. The molecule has 1 rings (SSSR count). The van der Waals surface area contributed by atoms with Crippen LogP contribution in [0.1, 0.15) is 53.4 Å². The first kappa shape index (κ1) is 12.0. The first-order valence-electron chi connectivity index (χ1n) is 5.89. The zero-order chi connectivity index (χ0) is 10.8. The molecule has 0 aliphatic heterocycles. The summed E-state index contributed by atoms with van der Waals surface area (Å²) in [5.74, 6) is 0.819. The SMILES string of the molecule is CC(NC(C)C(C)(C)O)C1CCCC1. The van der Waals surface area contributed by atoms with E-state index in [9.17, 15) is 5.11 Å². The highest BCUT2D eigenvalue weighted by Crippen LogP contribution is 2.28. The molecule has 2 N–H and O–H groups in total. The molecule has 0 amide bonds. The summed E-state index contributed by atoms with van der Waals surface area (Å²) in [5, 5.41) is 13.3. The summed E-state index contributed by atoms with van der Waals surface area (Å²) in [4.78, 5) is 0. The Hall–Kier alpha value is -0.0800. The second-order valence-corrected chi connectivity index (χ2v) is 5.38. The molecule has 84 valence electrons. The Kier molecular flexibility index (Phi) is 3.96. The average molecular weight is 199 g/mol. The van der Waals surface area contributed by atoms with Crippen LogP contribution in [-0.4, -0.2) is 22.8 Å². The summed E-state index contributed by atoms with van der Waals surface area (Å²) < 4.78 is 0. The lowest BCUT2D eigenvalue weighted by atomic mass is 9.95. The van der Waals surface area contributed by atoms with Crippen molar-refractivity contribution in [1.82, 2.24) is 5.32 Å². The van der Waals surface area contributed by atoms with E-state index in [1.807, 2.05) is 13.8 Å². The molecule has 1 fully saturated rings. The zero-order valence-electron chi connectivity index (χ0n) is 10.0. The largest absolute Gasteiger partial charge is 0.389 e. The van der Waals surface area contributed by atoms with Crippen molar-refractivity contribution in [2.24, 2.45) is 5.92 Å². The molecule has 1 saturated carbocycles. The van der Waals surface area contributed by atoms with Gasteiger partial charge < -0.3 is 10.4 Å². The summed E-state index contributed by atoms with van der Waals surface area (Å²) in [5.41, 5.74) is -0.618. The Bertz CT molecular complexity index is 168. The van der Waals surface area contributed by atoms with Gasteiger partial charge in [-0.25, -0.2) is 0 Å². The van der Waals surface area contributed by atoms with Crippen molar-refractivity contribution in [3.8, 4) is 0 Å². The Morgan fingerprint density at radius 1 is 1.21 bits per heavy atom. The topological polar surface area (TPSA) is 32.3 Å². The molecule has 1 aliphatic rings. The van der Waals surface area contributed by atoms with Crippen LogP contribution in [0.5, 0.6) is 0 Å². The molecule has 0 bridgehead atoms. The molecule has 0 radical (unpaired) electrons. The maximum Gasteiger partial charge on any atom is 0.0741 e. The number of aliphatic hydroxyl groups is 1. The summed E-state index contributed by atoms with van der Waals surface area (Å²) in [7, 11) is 0. The van der Waals surface area contributed by atoms with Crippen molar-refractivity contribution in [2.75, 3.05) is 0 Å². The lowest BCUT2D eigenvalue weighted by molar-refractivity contribution is 0.0376. The highest BCUT2D eigenvalue weighted by molar-refractivity contribution is 4.85. The smallest absolute Gasteiger partial charge is 0.0741 e. The van der Waals surface area contributed by atoms with Crippen LogP contribution >= 0.6 is 0 Å². The number of hydrogen-bond donors (Lipinski definition) is 2. The summed E-state index contributed by atoms with van der Waals surface area (Å²) in [6.07, 6.45) is 5.47. The quantitative estimate of drug-likeness (QED) is 0.728.